The number of aliphatic hydroxyl groups excluding tert-OH is 1. The summed E-state index contributed by atoms with van der Waals surface area (Å²) in [4.78, 5) is 12.2. The predicted molar refractivity (Wildman–Crippen MR) is 94.4 cm³/mol. The van der Waals surface area contributed by atoms with Crippen LogP contribution in [0.2, 0.25) is 0 Å². The first-order valence-electron chi connectivity index (χ1n) is 8.65. The molecule has 0 spiro atoms. The number of hydrogen-bond acceptors (Lipinski definition) is 3. The van der Waals surface area contributed by atoms with E-state index in [-0.39, 0.29) is 30.3 Å². The Balaban J connectivity index is 0.00000441. The van der Waals surface area contributed by atoms with Gasteiger partial charge in [0.15, 0.2) is 0 Å². The summed E-state index contributed by atoms with van der Waals surface area (Å²) < 4.78 is 0. The van der Waals surface area contributed by atoms with Crippen molar-refractivity contribution in [3.63, 3.8) is 0 Å². The molecule has 0 aromatic carbocycles. The Morgan fingerprint density at radius 3 is 2.41 bits per heavy atom. The average Bonchev–Trinajstić information content (AvgIpc) is 2.52. The molecule has 1 amide bonds. The molecule has 4 nitrogen and oxygen atoms in total. The standard InChI is InChI=1S/C17H34N2O2.ClH/c1-4-17(5-2,8-11-20)13-19-16(21)12-14(3)15-6-9-18-10-7-15;/h14-15,18,20H,4-13H2,1-3H3,(H,19,21);1H. The fraction of sp³-hybridized carbons (Fsp3) is 0.941. The van der Waals surface area contributed by atoms with Crippen LogP contribution in [-0.2, 0) is 4.79 Å². The van der Waals surface area contributed by atoms with E-state index in [4.69, 9.17) is 0 Å². The average molecular weight is 335 g/mol. The molecule has 1 aliphatic rings. The van der Waals surface area contributed by atoms with Crippen molar-refractivity contribution in [2.45, 2.75) is 59.3 Å². The second kappa shape index (κ2) is 11.3. The van der Waals surface area contributed by atoms with Crippen molar-refractivity contribution in [3.05, 3.63) is 0 Å². The Morgan fingerprint density at radius 1 is 1.32 bits per heavy atom. The summed E-state index contributed by atoms with van der Waals surface area (Å²) in [7, 11) is 0. The number of carbonyl (C=O) groups is 1. The van der Waals surface area contributed by atoms with E-state index >= 15 is 0 Å². The fourth-order valence-electron chi connectivity index (χ4n) is 3.41. The number of rotatable bonds is 9. The Labute approximate surface area is 142 Å². The van der Waals surface area contributed by atoms with Crippen LogP contribution < -0.4 is 10.6 Å². The van der Waals surface area contributed by atoms with Gasteiger partial charge in [0.05, 0.1) is 0 Å². The third-order valence-corrected chi connectivity index (χ3v) is 5.50. The molecule has 22 heavy (non-hydrogen) atoms. The van der Waals surface area contributed by atoms with E-state index in [1.165, 1.54) is 12.8 Å². The quantitative estimate of drug-likeness (QED) is 0.607. The molecule has 1 rings (SSSR count). The number of nitrogens with one attached hydrogen (secondary N) is 2. The smallest absolute Gasteiger partial charge is 0.220 e. The molecule has 3 N–H and O–H groups in total. The van der Waals surface area contributed by atoms with Crippen molar-refractivity contribution in [1.29, 1.82) is 0 Å². The summed E-state index contributed by atoms with van der Waals surface area (Å²) in [5.41, 5.74) is 0.0579. The van der Waals surface area contributed by atoms with E-state index in [1.807, 2.05) is 0 Å². The highest BCUT2D eigenvalue weighted by molar-refractivity contribution is 5.85. The molecule has 0 saturated carbocycles. The molecular weight excluding hydrogens is 300 g/mol. The van der Waals surface area contributed by atoms with Crippen LogP contribution in [0.3, 0.4) is 0 Å². The van der Waals surface area contributed by atoms with Gasteiger partial charge in [-0.15, -0.1) is 12.4 Å². The van der Waals surface area contributed by atoms with Gasteiger partial charge in [0.2, 0.25) is 5.91 Å². The summed E-state index contributed by atoms with van der Waals surface area (Å²) >= 11 is 0. The Kier molecular flexibility index (Phi) is 11.1. The summed E-state index contributed by atoms with van der Waals surface area (Å²) in [5, 5.41) is 15.7. The summed E-state index contributed by atoms with van der Waals surface area (Å²) in [6.07, 6.45) is 5.76. The molecule has 1 atom stereocenters. The topological polar surface area (TPSA) is 61.4 Å². The zero-order chi connectivity index (χ0) is 15.7. The van der Waals surface area contributed by atoms with Crippen molar-refractivity contribution in [2.24, 2.45) is 17.3 Å². The first-order valence-corrected chi connectivity index (χ1v) is 8.65. The van der Waals surface area contributed by atoms with Crippen LogP contribution in [-0.4, -0.2) is 37.3 Å². The molecule has 1 aliphatic heterocycles. The number of amides is 1. The van der Waals surface area contributed by atoms with E-state index in [2.05, 4.69) is 31.4 Å². The molecule has 0 radical (unpaired) electrons. The molecule has 5 heteroatoms. The van der Waals surface area contributed by atoms with Gasteiger partial charge >= 0.3 is 0 Å². The van der Waals surface area contributed by atoms with E-state index in [1.54, 1.807) is 0 Å². The van der Waals surface area contributed by atoms with Gasteiger partial charge in [-0.1, -0.05) is 20.8 Å². The van der Waals surface area contributed by atoms with Gasteiger partial charge in [0.1, 0.15) is 0 Å². The lowest BCUT2D eigenvalue weighted by atomic mass is 9.79. The lowest BCUT2D eigenvalue weighted by Gasteiger charge is -2.32. The maximum absolute atomic E-state index is 12.2. The van der Waals surface area contributed by atoms with Crippen LogP contribution in [0, 0.1) is 17.3 Å². The minimum Gasteiger partial charge on any atom is -0.396 e. The van der Waals surface area contributed by atoms with Gasteiger partial charge < -0.3 is 15.7 Å². The second-order valence-corrected chi connectivity index (χ2v) is 6.73. The second-order valence-electron chi connectivity index (χ2n) is 6.73. The van der Waals surface area contributed by atoms with Crippen LogP contribution in [0.4, 0.5) is 0 Å². The van der Waals surface area contributed by atoms with Gasteiger partial charge in [-0.2, -0.15) is 0 Å². The molecule has 0 aromatic rings. The van der Waals surface area contributed by atoms with Crippen LogP contribution >= 0.6 is 12.4 Å². The van der Waals surface area contributed by atoms with Gasteiger partial charge in [-0.25, -0.2) is 0 Å². The fourth-order valence-corrected chi connectivity index (χ4v) is 3.41. The van der Waals surface area contributed by atoms with Crippen molar-refractivity contribution >= 4 is 18.3 Å². The maximum atomic E-state index is 12.2. The first kappa shape index (κ1) is 21.7. The van der Waals surface area contributed by atoms with E-state index in [9.17, 15) is 9.90 Å². The molecule has 0 aromatic heterocycles. The zero-order valence-electron chi connectivity index (χ0n) is 14.5. The number of aliphatic hydroxyl groups is 1. The third-order valence-electron chi connectivity index (χ3n) is 5.50. The van der Waals surface area contributed by atoms with Gasteiger partial charge in [0, 0.05) is 19.6 Å². The van der Waals surface area contributed by atoms with Crippen molar-refractivity contribution in [3.8, 4) is 0 Å². The van der Waals surface area contributed by atoms with Crippen molar-refractivity contribution in [1.82, 2.24) is 10.6 Å². The van der Waals surface area contributed by atoms with Crippen LogP contribution in [0.15, 0.2) is 0 Å². The monoisotopic (exact) mass is 334 g/mol. The molecule has 1 fully saturated rings. The third kappa shape index (κ3) is 6.84. The lowest BCUT2D eigenvalue weighted by Crippen LogP contribution is -2.39. The highest BCUT2D eigenvalue weighted by Gasteiger charge is 2.27. The highest BCUT2D eigenvalue weighted by Crippen LogP contribution is 2.29. The summed E-state index contributed by atoms with van der Waals surface area (Å²) in [6, 6.07) is 0. The molecule has 1 unspecified atom stereocenters. The van der Waals surface area contributed by atoms with Gasteiger partial charge in [-0.05, 0) is 62.4 Å². The van der Waals surface area contributed by atoms with Crippen LogP contribution in [0.25, 0.3) is 0 Å². The highest BCUT2D eigenvalue weighted by atomic mass is 35.5. The Morgan fingerprint density at radius 2 is 1.91 bits per heavy atom. The number of halogens is 1. The number of hydrogen-bond donors (Lipinski definition) is 3. The van der Waals surface area contributed by atoms with E-state index in [0.29, 0.717) is 24.8 Å². The molecule has 132 valence electrons. The van der Waals surface area contributed by atoms with Crippen molar-refractivity contribution < 1.29 is 9.90 Å². The van der Waals surface area contributed by atoms with E-state index in [0.717, 1.165) is 32.4 Å². The Hall–Kier alpha value is -0.320. The van der Waals surface area contributed by atoms with Crippen LogP contribution in [0.1, 0.15) is 59.3 Å². The SMILES string of the molecule is CCC(CC)(CCO)CNC(=O)CC(C)C1CCNCC1.Cl. The van der Waals surface area contributed by atoms with E-state index < -0.39 is 0 Å². The largest absolute Gasteiger partial charge is 0.396 e. The minimum absolute atomic E-state index is 0. The van der Waals surface area contributed by atoms with Gasteiger partial charge in [0.25, 0.3) is 0 Å². The summed E-state index contributed by atoms with van der Waals surface area (Å²) in [5.74, 6) is 1.31. The molecule has 1 heterocycles. The molecule has 1 saturated heterocycles. The molecule has 0 bridgehead atoms. The van der Waals surface area contributed by atoms with Crippen molar-refractivity contribution in [2.75, 3.05) is 26.2 Å². The first-order chi connectivity index (χ1) is 10.1. The summed E-state index contributed by atoms with van der Waals surface area (Å²) in [6.45, 7) is 9.55. The lowest BCUT2D eigenvalue weighted by molar-refractivity contribution is -0.123. The Bertz CT molecular complexity index is 303. The maximum Gasteiger partial charge on any atom is 0.220 e. The minimum atomic E-state index is 0. The molecule has 0 aliphatic carbocycles. The molecular formula is C17H35ClN2O2. The number of carbonyl (C=O) groups excluding carboxylic acids is 1. The number of piperidine rings is 1. The zero-order valence-corrected chi connectivity index (χ0v) is 15.3. The van der Waals surface area contributed by atoms with Gasteiger partial charge in [-0.3, -0.25) is 4.79 Å². The normalized spacial score (nSPS) is 17.6. The van der Waals surface area contributed by atoms with Crippen LogP contribution in [0.5, 0.6) is 0 Å². The predicted octanol–water partition coefficient (Wildman–Crippen LogP) is 2.74.